The van der Waals surface area contributed by atoms with Crippen molar-refractivity contribution in [3.8, 4) is 5.75 Å². The third-order valence-corrected chi connectivity index (χ3v) is 4.05. The summed E-state index contributed by atoms with van der Waals surface area (Å²) in [6.07, 6.45) is 0.651. The second-order valence-electron chi connectivity index (χ2n) is 5.75. The van der Waals surface area contributed by atoms with Gasteiger partial charge in [0, 0.05) is 18.9 Å². The highest BCUT2D eigenvalue weighted by atomic mass is 16.5. The fraction of sp³-hybridized carbons (Fsp3) is 0.182. The van der Waals surface area contributed by atoms with Gasteiger partial charge < -0.3 is 9.84 Å². The Morgan fingerprint density at radius 1 is 0.667 bits per heavy atom. The zero-order valence-corrected chi connectivity index (χ0v) is 13.6. The number of hydrogen-bond acceptors (Lipinski definition) is 2. The number of ether oxygens (including phenoxy) is 1. The van der Waals surface area contributed by atoms with Crippen molar-refractivity contribution in [2.75, 3.05) is 13.2 Å². The fourth-order valence-corrected chi connectivity index (χ4v) is 2.88. The second-order valence-corrected chi connectivity index (χ2v) is 5.75. The molecule has 0 aliphatic rings. The van der Waals surface area contributed by atoms with Crippen LogP contribution in [0.1, 0.15) is 29.0 Å². The van der Waals surface area contributed by atoms with Crippen LogP contribution in [0.15, 0.2) is 84.9 Å². The minimum absolute atomic E-state index is 0.155. The summed E-state index contributed by atoms with van der Waals surface area (Å²) in [6.45, 7) is 0.693. The third-order valence-electron chi connectivity index (χ3n) is 4.05. The molecule has 3 aromatic rings. The number of rotatable bonds is 7. The molecule has 0 saturated carbocycles. The Bertz CT molecular complexity index is 681. The van der Waals surface area contributed by atoms with Crippen LogP contribution in [0.3, 0.4) is 0 Å². The van der Waals surface area contributed by atoms with Gasteiger partial charge in [-0.3, -0.25) is 0 Å². The quantitative estimate of drug-likeness (QED) is 0.508. The van der Waals surface area contributed by atoms with E-state index in [1.165, 1.54) is 16.7 Å². The molecule has 0 bridgehead atoms. The monoisotopic (exact) mass is 318 g/mol. The molecule has 0 aliphatic carbocycles. The second kappa shape index (κ2) is 8.32. The van der Waals surface area contributed by atoms with Gasteiger partial charge in [-0.2, -0.15) is 0 Å². The summed E-state index contributed by atoms with van der Waals surface area (Å²) in [4.78, 5) is 0. The van der Waals surface area contributed by atoms with Gasteiger partial charge in [0.1, 0.15) is 5.75 Å². The molecule has 0 atom stereocenters. The highest BCUT2D eigenvalue weighted by molar-refractivity contribution is 5.44. The maximum atomic E-state index is 8.83. The van der Waals surface area contributed by atoms with Gasteiger partial charge in [0.2, 0.25) is 0 Å². The summed E-state index contributed by atoms with van der Waals surface area (Å²) >= 11 is 0. The molecule has 2 nitrogen and oxygen atoms in total. The van der Waals surface area contributed by atoms with Crippen LogP contribution in [0.25, 0.3) is 0 Å². The van der Waals surface area contributed by atoms with Crippen molar-refractivity contribution in [1.29, 1.82) is 0 Å². The molecule has 2 heteroatoms. The highest BCUT2D eigenvalue weighted by Crippen LogP contribution is 2.32. The average Bonchev–Trinajstić information content (AvgIpc) is 2.65. The Kier molecular flexibility index (Phi) is 5.65. The Morgan fingerprint density at radius 2 is 1.17 bits per heavy atom. The summed E-state index contributed by atoms with van der Waals surface area (Å²) in [5, 5.41) is 8.83. The van der Waals surface area contributed by atoms with Crippen molar-refractivity contribution in [3.63, 3.8) is 0 Å². The minimum Gasteiger partial charge on any atom is -0.494 e. The van der Waals surface area contributed by atoms with Crippen LogP contribution < -0.4 is 4.74 Å². The smallest absolute Gasteiger partial charge is 0.119 e. The fourth-order valence-electron chi connectivity index (χ4n) is 2.88. The van der Waals surface area contributed by atoms with Crippen molar-refractivity contribution in [2.45, 2.75) is 12.3 Å². The van der Waals surface area contributed by atoms with Gasteiger partial charge in [-0.25, -0.2) is 0 Å². The van der Waals surface area contributed by atoms with Crippen LogP contribution >= 0.6 is 0 Å². The lowest BCUT2D eigenvalue weighted by Gasteiger charge is -2.19. The lowest BCUT2D eigenvalue weighted by molar-refractivity contribution is 0.233. The Hall–Kier alpha value is -2.58. The van der Waals surface area contributed by atoms with E-state index in [9.17, 15) is 0 Å². The molecule has 0 amide bonds. The molecule has 122 valence electrons. The Labute approximate surface area is 143 Å². The number of benzene rings is 3. The van der Waals surface area contributed by atoms with Gasteiger partial charge in [-0.15, -0.1) is 0 Å². The van der Waals surface area contributed by atoms with E-state index < -0.39 is 0 Å². The van der Waals surface area contributed by atoms with Gasteiger partial charge in [0.25, 0.3) is 0 Å². The first-order valence-corrected chi connectivity index (χ1v) is 8.32. The van der Waals surface area contributed by atoms with Crippen LogP contribution in [0.5, 0.6) is 5.75 Å². The first kappa shape index (κ1) is 16.3. The molecule has 3 aromatic carbocycles. The van der Waals surface area contributed by atoms with E-state index in [-0.39, 0.29) is 12.5 Å². The summed E-state index contributed by atoms with van der Waals surface area (Å²) < 4.78 is 5.63. The lowest BCUT2D eigenvalue weighted by Crippen LogP contribution is -2.04. The molecule has 1 N–H and O–H groups in total. The van der Waals surface area contributed by atoms with Crippen LogP contribution in [0, 0.1) is 0 Å². The van der Waals surface area contributed by atoms with Gasteiger partial charge in [-0.1, -0.05) is 72.8 Å². The molecule has 0 aromatic heterocycles. The summed E-state index contributed by atoms with van der Waals surface area (Å²) in [5.74, 6) is 1.05. The molecule has 0 aliphatic heterocycles. The summed E-state index contributed by atoms with van der Waals surface area (Å²) in [5.41, 5.74) is 3.79. The SMILES string of the molecule is OCCCOc1ccc(C(c2ccccc2)c2ccccc2)cc1. The summed E-state index contributed by atoms with van der Waals surface area (Å²) in [7, 11) is 0. The maximum Gasteiger partial charge on any atom is 0.119 e. The molecule has 0 saturated heterocycles. The first-order valence-electron chi connectivity index (χ1n) is 8.32. The molecule has 24 heavy (non-hydrogen) atoms. The number of aliphatic hydroxyl groups excluding tert-OH is 1. The van der Waals surface area contributed by atoms with Crippen molar-refractivity contribution in [2.24, 2.45) is 0 Å². The predicted molar refractivity (Wildman–Crippen MR) is 97.5 cm³/mol. The van der Waals surface area contributed by atoms with Crippen molar-refractivity contribution < 1.29 is 9.84 Å². The number of hydrogen-bond donors (Lipinski definition) is 1. The van der Waals surface area contributed by atoms with Crippen molar-refractivity contribution in [3.05, 3.63) is 102 Å². The topological polar surface area (TPSA) is 29.5 Å². The average molecular weight is 318 g/mol. The van der Waals surface area contributed by atoms with Crippen LogP contribution in [-0.2, 0) is 0 Å². The molecular formula is C22H22O2. The number of aliphatic hydroxyl groups is 1. The van der Waals surface area contributed by atoms with E-state index in [1.807, 2.05) is 24.3 Å². The Morgan fingerprint density at radius 3 is 1.67 bits per heavy atom. The van der Waals surface area contributed by atoms with Gasteiger partial charge in [-0.05, 0) is 28.8 Å². The van der Waals surface area contributed by atoms with Crippen molar-refractivity contribution >= 4 is 0 Å². The molecule has 0 unspecified atom stereocenters. The van der Waals surface area contributed by atoms with E-state index in [0.717, 1.165) is 5.75 Å². The molecule has 0 spiro atoms. The van der Waals surface area contributed by atoms with Gasteiger partial charge >= 0.3 is 0 Å². The largest absolute Gasteiger partial charge is 0.494 e. The van der Waals surface area contributed by atoms with E-state index >= 15 is 0 Å². The molecule has 3 rings (SSSR count). The van der Waals surface area contributed by atoms with Crippen LogP contribution in [0.4, 0.5) is 0 Å². The minimum atomic E-state index is 0.155. The van der Waals surface area contributed by atoms with E-state index in [0.29, 0.717) is 13.0 Å². The summed E-state index contributed by atoms with van der Waals surface area (Å²) in [6, 6.07) is 29.4. The standard InChI is InChI=1S/C22H22O2/c23-16-7-17-24-21-14-12-20(13-15-21)22(18-8-3-1-4-9-18)19-10-5-2-6-11-19/h1-6,8-15,22-23H,7,16-17H2. The first-order chi connectivity index (χ1) is 11.9. The lowest BCUT2D eigenvalue weighted by atomic mass is 9.85. The molecule has 0 fully saturated rings. The zero-order valence-electron chi connectivity index (χ0n) is 13.6. The molecule has 0 radical (unpaired) electrons. The van der Waals surface area contributed by atoms with Crippen molar-refractivity contribution in [1.82, 2.24) is 0 Å². The van der Waals surface area contributed by atoms with Gasteiger partial charge in [0.15, 0.2) is 0 Å². The highest BCUT2D eigenvalue weighted by Gasteiger charge is 2.16. The van der Waals surface area contributed by atoms with E-state index in [4.69, 9.17) is 9.84 Å². The Balaban J connectivity index is 1.89. The normalized spacial score (nSPS) is 10.8. The van der Waals surface area contributed by atoms with E-state index in [1.54, 1.807) is 0 Å². The van der Waals surface area contributed by atoms with Crippen LogP contribution in [-0.4, -0.2) is 18.3 Å². The predicted octanol–water partition coefficient (Wildman–Crippen LogP) is 4.63. The maximum absolute atomic E-state index is 8.83. The van der Waals surface area contributed by atoms with Gasteiger partial charge in [0.05, 0.1) is 6.61 Å². The zero-order chi connectivity index (χ0) is 16.6. The van der Waals surface area contributed by atoms with Crippen LogP contribution in [0.2, 0.25) is 0 Å². The third kappa shape index (κ3) is 4.03. The van der Waals surface area contributed by atoms with E-state index in [2.05, 4.69) is 60.7 Å². The molecular weight excluding hydrogens is 296 g/mol. The molecule has 0 heterocycles.